The molecule has 0 N–H and O–H groups in total. The van der Waals surface area contributed by atoms with Gasteiger partial charge in [-0.15, -0.1) is 11.3 Å². The van der Waals surface area contributed by atoms with E-state index in [0.29, 0.717) is 11.6 Å². The van der Waals surface area contributed by atoms with E-state index in [1.54, 1.807) is 12.4 Å². The molecule has 2 heterocycles. The van der Waals surface area contributed by atoms with Crippen LogP contribution in [0.1, 0.15) is 6.42 Å². The van der Waals surface area contributed by atoms with Crippen LogP contribution in [0.4, 0.5) is 5.13 Å². The number of hydrogen-bond acceptors (Lipinski definition) is 4. The molecule has 0 saturated heterocycles. The van der Waals surface area contributed by atoms with Gasteiger partial charge in [0.15, 0.2) is 0 Å². The molecule has 0 aliphatic carbocycles. The number of thiazole rings is 1. The van der Waals surface area contributed by atoms with Crippen LogP contribution in [0.15, 0.2) is 16.7 Å². The largest absolute Gasteiger partial charge is 0.272 e. The highest BCUT2D eigenvalue weighted by Gasteiger charge is 2.19. The maximum Gasteiger partial charge on any atom is 0.254 e. The summed E-state index contributed by atoms with van der Waals surface area (Å²) >= 11 is 1.40. The van der Waals surface area contributed by atoms with Crippen LogP contribution in [0.3, 0.4) is 0 Å². The average molecular weight is 167 g/mol. The minimum absolute atomic E-state index is 0.0139. The standard InChI is InChI=1S/C6H5N3OS/c10-5-1-2-8-9(5)6-7-3-4-11-6/h2-4H,1H2. The smallest absolute Gasteiger partial charge is 0.254 e. The number of hydrogen-bond donors (Lipinski definition) is 0. The van der Waals surface area contributed by atoms with Crippen molar-refractivity contribution >= 4 is 28.6 Å². The van der Waals surface area contributed by atoms with E-state index in [1.807, 2.05) is 5.38 Å². The third-order valence-corrected chi connectivity index (χ3v) is 2.05. The van der Waals surface area contributed by atoms with E-state index in [4.69, 9.17) is 0 Å². The number of hydrazone groups is 1. The normalized spacial score (nSPS) is 16.4. The lowest BCUT2D eigenvalue weighted by atomic mass is 10.5. The fourth-order valence-electron chi connectivity index (χ4n) is 0.828. The lowest BCUT2D eigenvalue weighted by molar-refractivity contribution is -0.116. The van der Waals surface area contributed by atoms with Gasteiger partial charge in [-0.1, -0.05) is 0 Å². The summed E-state index contributed by atoms with van der Waals surface area (Å²) in [7, 11) is 0. The molecule has 1 amide bonds. The fraction of sp³-hybridized carbons (Fsp3) is 0.167. The maximum atomic E-state index is 11.0. The van der Waals surface area contributed by atoms with E-state index < -0.39 is 0 Å². The number of anilines is 1. The molecule has 0 unspecified atom stereocenters. The Morgan fingerprint density at radius 3 is 3.09 bits per heavy atom. The second-order valence-corrected chi connectivity index (χ2v) is 2.90. The van der Waals surface area contributed by atoms with E-state index >= 15 is 0 Å². The summed E-state index contributed by atoms with van der Waals surface area (Å²) in [5.41, 5.74) is 0. The Kier molecular flexibility index (Phi) is 1.43. The summed E-state index contributed by atoms with van der Waals surface area (Å²) in [6, 6.07) is 0. The molecule has 0 saturated carbocycles. The molecule has 1 aliphatic heterocycles. The Hall–Kier alpha value is -1.23. The van der Waals surface area contributed by atoms with Crippen molar-refractivity contribution in [2.45, 2.75) is 6.42 Å². The Bertz CT molecular complexity index is 293. The van der Waals surface area contributed by atoms with Crippen molar-refractivity contribution in [1.29, 1.82) is 0 Å². The van der Waals surface area contributed by atoms with Gasteiger partial charge in [-0.05, 0) is 0 Å². The second-order valence-electron chi connectivity index (χ2n) is 2.02. The molecule has 0 fully saturated rings. The molecular weight excluding hydrogens is 162 g/mol. The molecule has 11 heavy (non-hydrogen) atoms. The van der Waals surface area contributed by atoms with Gasteiger partial charge in [0.05, 0.1) is 6.42 Å². The molecule has 0 aromatic carbocycles. The van der Waals surface area contributed by atoms with Gasteiger partial charge in [0.25, 0.3) is 5.91 Å². The average Bonchev–Trinajstić information content (AvgIpc) is 2.55. The molecule has 2 rings (SSSR count). The minimum atomic E-state index is -0.0139. The maximum absolute atomic E-state index is 11.0. The van der Waals surface area contributed by atoms with Crippen molar-refractivity contribution in [3.8, 4) is 0 Å². The summed E-state index contributed by atoms with van der Waals surface area (Å²) in [6.45, 7) is 0. The Morgan fingerprint density at radius 2 is 2.55 bits per heavy atom. The van der Waals surface area contributed by atoms with E-state index in [0.717, 1.165) is 0 Å². The van der Waals surface area contributed by atoms with Gasteiger partial charge in [-0.2, -0.15) is 10.1 Å². The van der Waals surface area contributed by atoms with Crippen molar-refractivity contribution in [1.82, 2.24) is 4.98 Å². The number of carbonyl (C=O) groups excluding carboxylic acids is 1. The zero-order chi connectivity index (χ0) is 7.68. The lowest BCUT2D eigenvalue weighted by Gasteiger charge is -2.05. The fourth-order valence-corrected chi connectivity index (χ4v) is 1.44. The van der Waals surface area contributed by atoms with Gasteiger partial charge >= 0.3 is 0 Å². The van der Waals surface area contributed by atoms with Gasteiger partial charge in [0.2, 0.25) is 5.13 Å². The minimum Gasteiger partial charge on any atom is -0.272 e. The van der Waals surface area contributed by atoms with E-state index in [9.17, 15) is 4.79 Å². The Labute approximate surface area is 67.2 Å². The molecule has 1 aromatic heterocycles. The summed E-state index contributed by atoms with van der Waals surface area (Å²) in [5.74, 6) is -0.0139. The molecular formula is C6H5N3OS. The molecule has 4 nitrogen and oxygen atoms in total. The van der Waals surface area contributed by atoms with Crippen LogP contribution < -0.4 is 5.01 Å². The van der Waals surface area contributed by atoms with Crippen LogP contribution in [0.2, 0.25) is 0 Å². The van der Waals surface area contributed by atoms with Gasteiger partial charge in [-0.25, -0.2) is 4.98 Å². The molecule has 1 aromatic rings. The Balaban J connectivity index is 2.30. The number of carbonyl (C=O) groups is 1. The first kappa shape index (κ1) is 6.48. The topological polar surface area (TPSA) is 45.6 Å². The zero-order valence-corrected chi connectivity index (χ0v) is 6.41. The van der Waals surface area contributed by atoms with E-state index in [-0.39, 0.29) is 5.91 Å². The molecule has 0 bridgehead atoms. The highest BCUT2D eigenvalue weighted by Crippen LogP contribution is 2.20. The van der Waals surface area contributed by atoms with Crippen molar-refractivity contribution < 1.29 is 4.79 Å². The Morgan fingerprint density at radius 1 is 1.64 bits per heavy atom. The van der Waals surface area contributed by atoms with Crippen molar-refractivity contribution in [2.24, 2.45) is 5.10 Å². The number of aromatic nitrogens is 1. The first-order chi connectivity index (χ1) is 5.38. The first-order valence-electron chi connectivity index (χ1n) is 3.13. The van der Waals surface area contributed by atoms with Gasteiger partial charge < -0.3 is 0 Å². The summed E-state index contributed by atoms with van der Waals surface area (Å²) in [5, 5.41) is 7.65. The number of amides is 1. The van der Waals surface area contributed by atoms with Crippen LogP contribution in [0, 0.1) is 0 Å². The monoisotopic (exact) mass is 167 g/mol. The quantitative estimate of drug-likeness (QED) is 0.622. The van der Waals surface area contributed by atoms with Crippen molar-refractivity contribution in [2.75, 3.05) is 5.01 Å². The summed E-state index contributed by atoms with van der Waals surface area (Å²) in [4.78, 5) is 15.0. The highest BCUT2D eigenvalue weighted by atomic mass is 32.1. The molecule has 5 heteroatoms. The molecule has 56 valence electrons. The van der Waals surface area contributed by atoms with Crippen molar-refractivity contribution in [3.63, 3.8) is 0 Å². The predicted octanol–water partition coefficient (Wildman–Crippen LogP) is 0.866. The third kappa shape index (κ3) is 1.03. The predicted molar refractivity (Wildman–Crippen MR) is 42.7 cm³/mol. The van der Waals surface area contributed by atoms with Crippen LogP contribution in [-0.4, -0.2) is 17.1 Å². The van der Waals surface area contributed by atoms with Gasteiger partial charge in [0, 0.05) is 17.8 Å². The van der Waals surface area contributed by atoms with Crippen LogP contribution >= 0.6 is 11.3 Å². The molecule has 0 spiro atoms. The summed E-state index contributed by atoms with van der Waals surface area (Å²) in [6.07, 6.45) is 3.63. The summed E-state index contributed by atoms with van der Waals surface area (Å²) < 4.78 is 0. The van der Waals surface area contributed by atoms with Gasteiger partial charge in [0.1, 0.15) is 0 Å². The zero-order valence-electron chi connectivity index (χ0n) is 5.60. The first-order valence-corrected chi connectivity index (χ1v) is 4.01. The number of nitrogens with zero attached hydrogens (tertiary/aromatic N) is 3. The number of rotatable bonds is 1. The van der Waals surface area contributed by atoms with Crippen molar-refractivity contribution in [3.05, 3.63) is 11.6 Å². The van der Waals surface area contributed by atoms with Crippen LogP contribution in [-0.2, 0) is 4.79 Å². The SMILES string of the molecule is O=C1CC=NN1c1nccs1. The van der Waals surface area contributed by atoms with E-state index in [2.05, 4.69) is 10.1 Å². The van der Waals surface area contributed by atoms with Crippen LogP contribution in [0.5, 0.6) is 0 Å². The second kappa shape index (κ2) is 2.43. The van der Waals surface area contributed by atoms with E-state index in [1.165, 1.54) is 16.3 Å². The molecule has 1 aliphatic rings. The van der Waals surface area contributed by atoms with Crippen LogP contribution in [0.25, 0.3) is 0 Å². The molecule has 0 atom stereocenters. The van der Waals surface area contributed by atoms with Gasteiger partial charge in [-0.3, -0.25) is 4.79 Å². The third-order valence-electron chi connectivity index (χ3n) is 1.30. The lowest BCUT2D eigenvalue weighted by Crippen LogP contribution is -2.18. The molecule has 0 radical (unpaired) electrons. The highest BCUT2D eigenvalue weighted by molar-refractivity contribution is 7.13.